The summed E-state index contributed by atoms with van der Waals surface area (Å²) < 4.78 is 7.51. The molecule has 0 bridgehead atoms. The van der Waals surface area contributed by atoms with E-state index < -0.39 is 0 Å². The Bertz CT molecular complexity index is 629. The Morgan fingerprint density at radius 3 is 2.90 bits per heavy atom. The Kier molecular flexibility index (Phi) is 3.44. The highest BCUT2D eigenvalue weighted by Gasteiger charge is 2.27. The van der Waals surface area contributed by atoms with Crippen molar-refractivity contribution >= 4 is 22.9 Å². The van der Waals surface area contributed by atoms with Crippen molar-refractivity contribution in [3.63, 3.8) is 0 Å². The fourth-order valence-electron chi connectivity index (χ4n) is 2.68. The van der Waals surface area contributed by atoms with Crippen LogP contribution in [0.4, 0.5) is 5.95 Å². The van der Waals surface area contributed by atoms with Crippen LogP contribution in [-0.2, 0) is 16.6 Å². The number of para-hydroxylation sites is 2. The van der Waals surface area contributed by atoms with Crippen LogP contribution in [0.25, 0.3) is 11.0 Å². The summed E-state index contributed by atoms with van der Waals surface area (Å²) in [6.07, 6.45) is 2.56. The summed E-state index contributed by atoms with van der Waals surface area (Å²) in [7, 11) is 3.69. The first-order chi connectivity index (χ1) is 9.68. The van der Waals surface area contributed by atoms with E-state index in [2.05, 4.69) is 4.98 Å². The van der Waals surface area contributed by atoms with Crippen LogP contribution in [0.5, 0.6) is 0 Å². The molecule has 2 aromatic rings. The highest BCUT2D eigenvalue weighted by atomic mass is 16.5. The third kappa shape index (κ3) is 2.18. The molecule has 20 heavy (non-hydrogen) atoms. The summed E-state index contributed by atoms with van der Waals surface area (Å²) in [5.41, 5.74) is 1.92. The average Bonchev–Trinajstić information content (AvgIpc) is 2.84. The third-order valence-electron chi connectivity index (χ3n) is 3.85. The Morgan fingerprint density at radius 1 is 1.40 bits per heavy atom. The molecule has 106 valence electrons. The van der Waals surface area contributed by atoms with Crippen molar-refractivity contribution in [2.75, 3.05) is 18.6 Å². The molecule has 0 N–H and O–H groups in total. The summed E-state index contributed by atoms with van der Waals surface area (Å²) in [5, 5.41) is 0. The van der Waals surface area contributed by atoms with Crippen molar-refractivity contribution in [2.24, 2.45) is 7.05 Å². The zero-order valence-corrected chi connectivity index (χ0v) is 11.9. The highest BCUT2D eigenvalue weighted by molar-refractivity contribution is 5.96. The van der Waals surface area contributed by atoms with Gasteiger partial charge in [0, 0.05) is 20.7 Å². The van der Waals surface area contributed by atoms with Gasteiger partial charge in [-0.3, -0.25) is 9.69 Å². The maximum Gasteiger partial charge on any atom is 0.258 e. The summed E-state index contributed by atoms with van der Waals surface area (Å²) in [5.74, 6) is 0.647. The van der Waals surface area contributed by atoms with Crippen molar-refractivity contribution in [3.8, 4) is 0 Å². The number of rotatable bonds is 2. The van der Waals surface area contributed by atoms with Crippen molar-refractivity contribution in [3.05, 3.63) is 24.3 Å². The second-order valence-electron chi connectivity index (χ2n) is 5.21. The molecule has 0 aliphatic carbocycles. The molecule has 5 nitrogen and oxygen atoms in total. The number of aryl methyl sites for hydroxylation is 1. The second kappa shape index (κ2) is 5.25. The van der Waals surface area contributed by atoms with Crippen LogP contribution in [0.1, 0.15) is 19.3 Å². The molecular formula is C15H19N3O2. The molecule has 1 amide bonds. The molecule has 0 saturated carbocycles. The largest absolute Gasteiger partial charge is 0.368 e. The number of likely N-dealkylation sites (N-methyl/N-ethyl adjacent to an activating group) is 1. The molecule has 1 aromatic heterocycles. The topological polar surface area (TPSA) is 47.4 Å². The summed E-state index contributed by atoms with van der Waals surface area (Å²) in [6, 6.07) is 7.88. The lowest BCUT2D eigenvalue weighted by molar-refractivity contribution is -0.132. The van der Waals surface area contributed by atoms with Gasteiger partial charge in [-0.05, 0) is 31.4 Å². The number of hydrogen-bond donors (Lipinski definition) is 0. The van der Waals surface area contributed by atoms with Crippen LogP contribution >= 0.6 is 0 Å². The van der Waals surface area contributed by atoms with Crippen LogP contribution in [0.3, 0.4) is 0 Å². The Morgan fingerprint density at radius 2 is 2.20 bits per heavy atom. The number of ether oxygens (including phenoxy) is 1. The molecular weight excluding hydrogens is 254 g/mol. The molecule has 2 heterocycles. The number of carbonyl (C=O) groups is 1. The number of benzene rings is 1. The first kappa shape index (κ1) is 13.1. The van der Waals surface area contributed by atoms with Crippen molar-refractivity contribution in [1.82, 2.24) is 9.55 Å². The summed E-state index contributed by atoms with van der Waals surface area (Å²) in [6.45, 7) is 0.673. The van der Waals surface area contributed by atoms with Crippen LogP contribution in [-0.4, -0.2) is 35.2 Å². The van der Waals surface area contributed by atoms with E-state index in [1.807, 2.05) is 35.9 Å². The van der Waals surface area contributed by atoms with Gasteiger partial charge >= 0.3 is 0 Å². The summed E-state index contributed by atoms with van der Waals surface area (Å²) in [4.78, 5) is 18.6. The minimum absolute atomic E-state index is 0.0110. The minimum atomic E-state index is -0.325. The smallest absolute Gasteiger partial charge is 0.258 e. The number of hydrogen-bond acceptors (Lipinski definition) is 3. The maximum atomic E-state index is 12.5. The predicted octanol–water partition coefficient (Wildman–Crippen LogP) is 2.11. The van der Waals surface area contributed by atoms with Gasteiger partial charge in [0.1, 0.15) is 6.10 Å². The second-order valence-corrected chi connectivity index (χ2v) is 5.21. The van der Waals surface area contributed by atoms with Crippen LogP contribution in [0.2, 0.25) is 0 Å². The number of nitrogens with zero attached hydrogens (tertiary/aromatic N) is 3. The maximum absolute atomic E-state index is 12.5. The van der Waals surface area contributed by atoms with Gasteiger partial charge in [-0.2, -0.15) is 0 Å². The number of imidazole rings is 1. The average molecular weight is 273 g/mol. The van der Waals surface area contributed by atoms with Gasteiger partial charge in [0.2, 0.25) is 5.95 Å². The SMILES string of the molecule is CN(C(=O)C1CCCCO1)c1nc2ccccc2n1C. The van der Waals surface area contributed by atoms with Gasteiger partial charge < -0.3 is 9.30 Å². The Balaban J connectivity index is 1.89. The fraction of sp³-hybridized carbons (Fsp3) is 0.467. The molecule has 1 fully saturated rings. The molecule has 1 atom stereocenters. The number of amides is 1. The molecule has 3 rings (SSSR count). The van der Waals surface area contributed by atoms with E-state index in [1.165, 1.54) is 0 Å². The van der Waals surface area contributed by atoms with E-state index in [0.29, 0.717) is 12.6 Å². The quantitative estimate of drug-likeness (QED) is 0.842. The molecule has 1 unspecified atom stereocenters. The van der Waals surface area contributed by atoms with Crippen molar-refractivity contribution in [1.29, 1.82) is 0 Å². The molecule has 1 aliphatic rings. The monoisotopic (exact) mass is 273 g/mol. The van der Waals surface area contributed by atoms with E-state index in [-0.39, 0.29) is 12.0 Å². The molecule has 1 aromatic carbocycles. The zero-order chi connectivity index (χ0) is 14.1. The molecule has 1 saturated heterocycles. The van der Waals surface area contributed by atoms with Crippen molar-refractivity contribution in [2.45, 2.75) is 25.4 Å². The first-order valence-electron chi connectivity index (χ1n) is 6.99. The lowest BCUT2D eigenvalue weighted by Gasteiger charge is -2.26. The highest BCUT2D eigenvalue weighted by Crippen LogP contribution is 2.22. The van der Waals surface area contributed by atoms with Crippen molar-refractivity contribution < 1.29 is 9.53 Å². The Labute approximate surface area is 118 Å². The fourth-order valence-corrected chi connectivity index (χ4v) is 2.68. The lowest BCUT2D eigenvalue weighted by atomic mass is 10.1. The normalized spacial score (nSPS) is 19.2. The zero-order valence-electron chi connectivity index (χ0n) is 11.9. The third-order valence-corrected chi connectivity index (χ3v) is 3.85. The van der Waals surface area contributed by atoms with Crippen LogP contribution in [0, 0.1) is 0 Å². The molecule has 0 spiro atoms. The molecule has 5 heteroatoms. The van der Waals surface area contributed by atoms with E-state index in [9.17, 15) is 4.79 Å². The number of aromatic nitrogens is 2. The lowest BCUT2D eigenvalue weighted by Crippen LogP contribution is -2.40. The number of anilines is 1. The van der Waals surface area contributed by atoms with E-state index in [4.69, 9.17) is 4.74 Å². The van der Waals surface area contributed by atoms with Gasteiger partial charge in [-0.25, -0.2) is 4.98 Å². The minimum Gasteiger partial charge on any atom is -0.368 e. The van der Waals surface area contributed by atoms with E-state index in [1.54, 1.807) is 11.9 Å². The number of carbonyl (C=O) groups excluding carboxylic acids is 1. The standard InChI is InChI=1S/C15H19N3O2/c1-17-12-8-4-3-7-11(12)16-15(17)18(2)14(19)13-9-5-6-10-20-13/h3-4,7-8,13H,5-6,9-10H2,1-2H3. The Hall–Kier alpha value is -1.88. The first-order valence-corrected chi connectivity index (χ1v) is 6.99. The predicted molar refractivity (Wildman–Crippen MR) is 77.7 cm³/mol. The molecule has 0 radical (unpaired) electrons. The van der Waals surface area contributed by atoms with Gasteiger partial charge in [0.05, 0.1) is 11.0 Å². The van der Waals surface area contributed by atoms with Gasteiger partial charge in [0.15, 0.2) is 0 Å². The van der Waals surface area contributed by atoms with Gasteiger partial charge in [-0.1, -0.05) is 12.1 Å². The van der Waals surface area contributed by atoms with Gasteiger partial charge in [-0.15, -0.1) is 0 Å². The van der Waals surface area contributed by atoms with Crippen LogP contribution < -0.4 is 4.90 Å². The van der Waals surface area contributed by atoms with E-state index >= 15 is 0 Å². The number of fused-ring (bicyclic) bond motifs is 1. The van der Waals surface area contributed by atoms with Crippen LogP contribution in [0.15, 0.2) is 24.3 Å². The summed E-state index contributed by atoms with van der Waals surface area (Å²) >= 11 is 0. The van der Waals surface area contributed by atoms with Gasteiger partial charge in [0.25, 0.3) is 5.91 Å². The van der Waals surface area contributed by atoms with E-state index in [0.717, 1.165) is 30.3 Å². The molecule has 1 aliphatic heterocycles.